The zero-order chi connectivity index (χ0) is 15.2. The third-order valence-electron chi connectivity index (χ3n) is 3.03. The van der Waals surface area contributed by atoms with Crippen LogP contribution in [0.3, 0.4) is 0 Å². The van der Waals surface area contributed by atoms with E-state index in [1.807, 2.05) is 13.8 Å². The van der Waals surface area contributed by atoms with Gasteiger partial charge in [-0.1, -0.05) is 13.8 Å². The first-order valence-corrected chi connectivity index (χ1v) is 6.84. The summed E-state index contributed by atoms with van der Waals surface area (Å²) >= 11 is 0. The van der Waals surface area contributed by atoms with E-state index in [0.29, 0.717) is 13.1 Å². The van der Waals surface area contributed by atoms with Gasteiger partial charge in [-0.3, -0.25) is 4.68 Å². The molecule has 0 atom stereocenters. The fraction of sp³-hybridized carbons (Fsp3) is 0.769. The number of aryl methyl sites for hydroxylation is 1. The largest absolute Gasteiger partial charge is 0.411 e. The second-order valence-corrected chi connectivity index (χ2v) is 4.51. The lowest BCUT2D eigenvalue weighted by Gasteiger charge is -2.10. The Balaban J connectivity index is 2.69. The predicted molar refractivity (Wildman–Crippen MR) is 70.6 cm³/mol. The summed E-state index contributed by atoms with van der Waals surface area (Å²) in [5.41, 5.74) is 8.75. The van der Waals surface area contributed by atoms with Crippen molar-refractivity contribution in [1.82, 2.24) is 9.78 Å². The van der Waals surface area contributed by atoms with E-state index in [1.54, 1.807) is 4.68 Å². The number of hydrogen-bond acceptors (Lipinski definition) is 3. The highest BCUT2D eigenvalue weighted by atomic mass is 19.4. The van der Waals surface area contributed by atoms with Crippen LogP contribution in [-0.4, -0.2) is 35.7 Å². The van der Waals surface area contributed by atoms with Gasteiger partial charge in [0.25, 0.3) is 0 Å². The van der Waals surface area contributed by atoms with Crippen LogP contribution in [0, 0.1) is 0 Å². The maximum atomic E-state index is 12.0. The summed E-state index contributed by atoms with van der Waals surface area (Å²) in [5.74, 6) is 0. The van der Waals surface area contributed by atoms with Crippen molar-refractivity contribution < 1.29 is 17.9 Å². The molecule has 0 aliphatic heterocycles. The highest BCUT2D eigenvalue weighted by molar-refractivity contribution is 5.27. The van der Waals surface area contributed by atoms with Crippen LogP contribution in [0.2, 0.25) is 0 Å². The number of nitrogens with zero attached hydrogens (tertiary/aromatic N) is 2. The third kappa shape index (κ3) is 4.79. The van der Waals surface area contributed by atoms with E-state index >= 15 is 0 Å². The molecule has 0 aliphatic carbocycles. The first-order chi connectivity index (χ1) is 9.42. The average molecular weight is 293 g/mol. The van der Waals surface area contributed by atoms with Gasteiger partial charge in [-0.15, -0.1) is 0 Å². The van der Waals surface area contributed by atoms with E-state index in [4.69, 9.17) is 5.73 Å². The molecule has 7 heteroatoms. The van der Waals surface area contributed by atoms with Crippen LogP contribution in [0.4, 0.5) is 13.2 Å². The van der Waals surface area contributed by atoms with Crippen LogP contribution in [0.15, 0.2) is 0 Å². The monoisotopic (exact) mass is 293 g/mol. The Hall–Kier alpha value is -1.08. The Morgan fingerprint density at radius 1 is 1.25 bits per heavy atom. The molecule has 4 nitrogen and oxygen atoms in total. The third-order valence-corrected chi connectivity index (χ3v) is 3.03. The molecule has 0 spiro atoms. The first kappa shape index (κ1) is 17.0. The number of alkyl halides is 3. The maximum Gasteiger partial charge on any atom is 0.411 e. The molecule has 0 saturated heterocycles. The number of halogens is 3. The Kier molecular flexibility index (Phi) is 6.48. The van der Waals surface area contributed by atoms with Crippen LogP contribution in [0.1, 0.15) is 30.8 Å². The fourth-order valence-corrected chi connectivity index (χ4v) is 2.23. The molecule has 116 valence electrons. The minimum absolute atomic E-state index is 0.000586. The maximum absolute atomic E-state index is 12.0. The summed E-state index contributed by atoms with van der Waals surface area (Å²) in [6, 6.07) is 0. The van der Waals surface area contributed by atoms with Crippen molar-refractivity contribution in [2.45, 2.75) is 45.8 Å². The second-order valence-electron chi connectivity index (χ2n) is 4.51. The van der Waals surface area contributed by atoms with Crippen molar-refractivity contribution >= 4 is 0 Å². The molecule has 2 N–H and O–H groups in total. The molecule has 0 aromatic carbocycles. The zero-order valence-corrected chi connectivity index (χ0v) is 12.0. The molecule has 0 bridgehead atoms. The SMILES string of the molecule is CCc1nn(CCOCC(F)(F)F)c(CC)c1CCN. The zero-order valence-electron chi connectivity index (χ0n) is 12.0. The van der Waals surface area contributed by atoms with Gasteiger partial charge in [0.15, 0.2) is 0 Å². The Morgan fingerprint density at radius 3 is 2.45 bits per heavy atom. The lowest BCUT2D eigenvalue weighted by atomic mass is 10.1. The normalized spacial score (nSPS) is 12.1. The summed E-state index contributed by atoms with van der Waals surface area (Å²) in [5, 5.41) is 4.45. The second kappa shape index (κ2) is 7.64. The number of hydrogen-bond donors (Lipinski definition) is 1. The van der Waals surface area contributed by atoms with Gasteiger partial charge < -0.3 is 10.5 Å². The molecule has 0 radical (unpaired) electrons. The van der Waals surface area contributed by atoms with E-state index in [1.165, 1.54) is 0 Å². The van der Waals surface area contributed by atoms with E-state index in [-0.39, 0.29) is 6.61 Å². The highest BCUT2D eigenvalue weighted by Crippen LogP contribution is 2.17. The van der Waals surface area contributed by atoms with Gasteiger partial charge in [0.1, 0.15) is 6.61 Å². The molecule has 0 saturated carbocycles. The highest BCUT2D eigenvalue weighted by Gasteiger charge is 2.27. The standard InChI is InChI=1S/C13H22F3N3O/c1-3-11-10(5-6-17)12(4-2)19(18-11)7-8-20-9-13(14,15)16/h3-9,17H2,1-2H3. The molecule has 20 heavy (non-hydrogen) atoms. The van der Waals surface area contributed by atoms with E-state index in [0.717, 1.165) is 36.2 Å². The lowest BCUT2D eigenvalue weighted by molar-refractivity contribution is -0.174. The van der Waals surface area contributed by atoms with Crippen molar-refractivity contribution in [2.75, 3.05) is 19.8 Å². The van der Waals surface area contributed by atoms with Crippen LogP contribution in [0.5, 0.6) is 0 Å². The topological polar surface area (TPSA) is 53.1 Å². The van der Waals surface area contributed by atoms with Crippen molar-refractivity contribution in [3.05, 3.63) is 17.0 Å². The van der Waals surface area contributed by atoms with E-state index < -0.39 is 12.8 Å². The van der Waals surface area contributed by atoms with Crippen LogP contribution in [0.25, 0.3) is 0 Å². The summed E-state index contributed by atoms with van der Waals surface area (Å²) in [6.07, 6.45) is -1.97. The van der Waals surface area contributed by atoms with Crippen LogP contribution in [-0.2, 0) is 30.5 Å². The number of nitrogens with two attached hydrogens (primary N) is 1. The molecule has 0 aliphatic rings. The van der Waals surface area contributed by atoms with Crippen molar-refractivity contribution in [1.29, 1.82) is 0 Å². The van der Waals surface area contributed by atoms with Gasteiger partial charge in [0.05, 0.1) is 18.8 Å². The van der Waals surface area contributed by atoms with Gasteiger partial charge in [-0.25, -0.2) is 0 Å². The minimum Gasteiger partial charge on any atom is -0.370 e. The minimum atomic E-state index is -4.28. The molecule has 1 rings (SSSR count). The fourth-order valence-electron chi connectivity index (χ4n) is 2.23. The number of ether oxygens (including phenoxy) is 1. The summed E-state index contributed by atoms with van der Waals surface area (Å²) in [4.78, 5) is 0. The molecule has 1 aromatic rings. The van der Waals surface area contributed by atoms with Gasteiger partial charge in [-0.2, -0.15) is 18.3 Å². The van der Waals surface area contributed by atoms with Crippen LogP contribution < -0.4 is 5.73 Å². The van der Waals surface area contributed by atoms with Crippen molar-refractivity contribution in [3.63, 3.8) is 0 Å². The van der Waals surface area contributed by atoms with Crippen molar-refractivity contribution in [2.24, 2.45) is 5.73 Å². The predicted octanol–water partition coefficient (Wildman–Crippen LogP) is 2.09. The Bertz CT molecular complexity index is 416. The molecule has 0 unspecified atom stereocenters. The van der Waals surface area contributed by atoms with Crippen molar-refractivity contribution in [3.8, 4) is 0 Å². The smallest absolute Gasteiger partial charge is 0.370 e. The Labute approximate surface area is 117 Å². The average Bonchev–Trinajstić information content (AvgIpc) is 2.71. The summed E-state index contributed by atoms with van der Waals surface area (Å²) in [7, 11) is 0. The molecule has 0 amide bonds. The van der Waals surface area contributed by atoms with Gasteiger partial charge in [0.2, 0.25) is 0 Å². The summed E-state index contributed by atoms with van der Waals surface area (Å²) in [6.45, 7) is 3.66. The molecule has 1 aromatic heterocycles. The van der Waals surface area contributed by atoms with E-state index in [9.17, 15) is 13.2 Å². The van der Waals surface area contributed by atoms with Crippen LogP contribution >= 0.6 is 0 Å². The molecule has 0 fully saturated rings. The molecule has 1 heterocycles. The Morgan fingerprint density at radius 2 is 1.95 bits per heavy atom. The first-order valence-electron chi connectivity index (χ1n) is 6.84. The lowest BCUT2D eigenvalue weighted by Crippen LogP contribution is -2.20. The van der Waals surface area contributed by atoms with Gasteiger partial charge in [-0.05, 0) is 31.4 Å². The quantitative estimate of drug-likeness (QED) is 0.747. The van der Waals surface area contributed by atoms with Gasteiger partial charge in [0, 0.05) is 5.69 Å². The summed E-state index contributed by atoms with van der Waals surface area (Å²) < 4.78 is 42.4. The van der Waals surface area contributed by atoms with E-state index in [2.05, 4.69) is 9.84 Å². The molecular formula is C13H22F3N3O. The molecular weight excluding hydrogens is 271 g/mol. The van der Waals surface area contributed by atoms with Gasteiger partial charge >= 0.3 is 6.18 Å². The number of rotatable bonds is 8. The number of aromatic nitrogens is 2.